The minimum atomic E-state index is 0.0169. The number of pyridine rings is 1. The molecule has 0 saturated carbocycles. The molecule has 0 fully saturated rings. The lowest BCUT2D eigenvalue weighted by molar-refractivity contribution is 1.15. The summed E-state index contributed by atoms with van der Waals surface area (Å²) in [5, 5.41) is 8.50. The molecule has 0 N–H and O–H groups in total. The van der Waals surface area contributed by atoms with Crippen LogP contribution in [0.2, 0.25) is 0 Å². The molecule has 1 aromatic heterocycles. The van der Waals surface area contributed by atoms with Crippen molar-refractivity contribution in [2.75, 3.05) is 0 Å². The van der Waals surface area contributed by atoms with Crippen LogP contribution in [0.15, 0.2) is 18.2 Å². The Morgan fingerprint density at radius 2 is 2.18 bits per heavy atom. The molecule has 0 aliphatic carbocycles. The zero-order chi connectivity index (χ0) is 8.27. The van der Waals surface area contributed by atoms with Crippen molar-refractivity contribution in [3.05, 3.63) is 29.6 Å². The van der Waals surface area contributed by atoms with Crippen molar-refractivity contribution >= 4 is 31.9 Å². The van der Waals surface area contributed by atoms with E-state index in [0.717, 1.165) is 5.69 Å². The van der Waals surface area contributed by atoms with E-state index in [1.54, 1.807) is 12.1 Å². The van der Waals surface area contributed by atoms with Gasteiger partial charge in [0.05, 0.1) is 5.69 Å². The second-order valence-electron chi connectivity index (χ2n) is 1.86. The summed E-state index contributed by atoms with van der Waals surface area (Å²) in [7, 11) is 0. The second-order valence-corrected chi connectivity index (χ2v) is 4.92. The van der Waals surface area contributed by atoms with E-state index in [-0.39, 0.29) is 3.74 Å². The molecule has 0 amide bonds. The van der Waals surface area contributed by atoms with E-state index in [9.17, 15) is 0 Å². The molecular formula is C7H4Br2N2. The van der Waals surface area contributed by atoms with Crippen LogP contribution in [0.25, 0.3) is 0 Å². The van der Waals surface area contributed by atoms with Gasteiger partial charge in [0.1, 0.15) is 15.5 Å². The highest BCUT2D eigenvalue weighted by Crippen LogP contribution is 2.26. The van der Waals surface area contributed by atoms with Gasteiger partial charge < -0.3 is 0 Å². The van der Waals surface area contributed by atoms with Gasteiger partial charge in [-0.1, -0.05) is 37.9 Å². The summed E-state index contributed by atoms with van der Waals surface area (Å²) in [6.45, 7) is 0. The summed E-state index contributed by atoms with van der Waals surface area (Å²) >= 11 is 6.58. The standard InChI is InChI=1S/C7H4Br2N2/c8-7(9)6-3-1-2-5(4-10)11-6/h1-3,7H. The van der Waals surface area contributed by atoms with Crippen LogP contribution in [-0.2, 0) is 0 Å². The smallest absolute Gasteiger partial charge is 0.140 e. The summed E-state index contributed by atoms with van der Waals surface area (Å²) in [5.74, 6) is 0. The molecule has 1 heterocycles. The van der Waals surface area contributed by atoms with E-state index in [0.29, 0.717) is 5.69 Å². The minimum Gasteiger partial charge on any atom is -0.240 e. The SMILES string of the molecule is N#Cc1cccc(C(Br)Br)n1. The zero-order valence-corrected chi connectivity index (χ0v) is 8.63. The van der Waals surface area contributed by atoms with E-state index >= 15 is 0 Å². The molecule has 2 nitrogen and oxygen atoms in total. The molecule has 0 unspecified atom stereocenters. The minimum absolute atomic E-state index is 0.0169. The highest BCUT2D eigenvalue weighted by Gasteiger charge is 2.03. The normalized spacial score (nSPS) is 9.64. The lowest BCUT2D eigenvalue weighted by Gasteiger charge is -1.98. The third kappa shape index (κ3) is 2.28. The molecule has 0 aliphatic rings. The number of aromatic nitrogens is 1. The van der Waals surface area contributed by atoms with E-state index in [4.69, 9.17) is 5.26 Å². The van der Waals surface area contributed by atoms with Crippen LogP contribution in [-0.4, -0.2) is 4.98 Å². The van der Waals surface area contributed by atoms with E-state index in [1.165, 1.54) is 0 Å². The lowest BCUT2D eigenvalue weighted by atomic mass is 10.3. The molecule has 1 rings (SSSR count). The average molecular weight is 276 g/mol. The Kier molecular flexibility index (Phi) is 3.03. The third-order valence-corrected chi connectivity index (χ3v) is 2.05. The number of hydrogen-bond donors (Lipinski definition) is 0. The van der Waals surface area contributed by atoms with Crippen LogP contribution in [0.5, 0.6) is 0 Å². The maximum Gasteiger partial charge on any atom is 0.140 e. The first-order chi connectivity index (χ1) is 5.24. The molecule has 4 heteroatoms. The predicted octanol–water partition coefficient (Wildman–Crippen LogP) is 2.74. The van der Waals surface area contributed by atoms with Gasteiger partial charge in [-0.05, 0) is 12.1 Å². The van der Waals surface area contributed by atoms with Crippen LogP contribution in [0.3, 0.4) is 0 Å². The highest BCUT2D eigenvalue weighted by atomic mass is 79.9. The highest BCUT2D eigenvalue weighted by molar-refractivity contribution is 9.24. The van der Waals surface area contributed by atoms with Crippen molar-refractivity contribution in [1.29, 1.82) is 5.26 Å². The van der Waals surface area contributed by atoms with Gasteiger partial charge in [0, 0.05) is 0 Å². The van der Waals surface area contributed by atoms with Gasteiger partial charge in [-0.25, -0.2) is 4.98 Å². The van der Waals surface area contributed by atoms with Gasteiger partial charge in [-0.3, -0.25) is 0 Å². The second kappa shape index (κ2) is 3.84. The van der Waals surface area contributed by atoms with Crippen LogP contribution < -0.4 is 0 Å². The fourth-order valence-corrected chi connectivity index (χ4v) is 1.15. The van der Waals surface area contributed by atoms with Crippen LogP contribution in [0.1, 0.15) is 15.1 Å². The molecule has 0 bridgehead atoms. The lowest BCUT2D eigenvalue weighted by Crippen LogP contribution is -1.89. The fourth-order valence-electron chi connectivity index (χ4n) is 0.635. The summed E-state index contributed by atoms with van der Waals surface area (Å²) in [5.41, 5.74) is 1.25. The molecule has 56 valence electrons. The fraction of sp³-hybridized carbons (Fsp3) is 0.143. The van der Waals surface area contributed by atoms with Crippen LogP contribution in [0, 0.1) is 11.3 Å². The topological polar surface area (TPSA) is 36.7 Å². The molecule has 0 radical (unpaired) electrons. The van der Waals surface area contributed by atoms with Gasteiger partial charge in [-0.2, -0.15) is 5.26 Å². The van der Waals surface area contributed by atoms with Crippen molar-refractivity contribution in [3.63, 3.8) is 0 Å². The van der Waals surface area contributed by atoms with Crippen LogP contribution in [0.4, 0.5) is 0 Å². The molecule has 1 aromatic rings. The van der Waals surface area contributed by atoms with Crippen molar-refractivity contribution in [2.24, 2.45) is 0 Å². The van der Waals surface area contributed by atoms with Gasteiger partial charge in [-0.15, -0.1) is 0 Å². The van der Waals surface area contributed by atoms with Gasteiger partial charge in [0.15, 0.2) is 0 Å². The Bertz CT molecular complexity index is 291. The molecule has 11 heavy (non-hydrogen) atoms. The maximum absolute atomic E-state index is 8.50. The van der Waals surface area contributed by atoms with Gasteiger partial charge >= 0.3 is 0 Å². The van der Waals surface area contributed by atoms with E-state index in [2.05, 4.69) is 36.8 Å². The van der Waals surface area contributed by atoms with E-state index < -0.39 is 0 Å². The van der Waals surface area contributed by atoms with Crippen LogP contribution >= 0.6 is 31.9 Å². The summed E-state index contributed by atoms with van der Waals surface area (Å²) in [6, 6.07) is 7.29. The Balaban J connectivity index is 3.03. The monoisotopic (exact) mass is 274 g/mol. The first-order valence-corrected chi connectivity index (χ1v) is 4.72. The van der Waals surface area contributed by atoms with E-state index in [1.807, 2.05) is 12.1 Å². The first kappa shape index (κ1) is 8.69. The molecule has 0 atom stereocenters. The Labute approximate surface area is 81.5 Å². The molecule has 0 aromatic carbocycles. The van der Waals surface area contributed by atoms with Gasteiger partial charge in [0.2, 0.25) is 0 Å². The molecule has 0 aliphatic heterocycles. The third-order valence-electron chi connectivity index (χ3n) is 1.11. The number of rotatable bonds is 1. The summed E-state index contributed by atoms with van der Waals surface area (Å²) in [6.07, 6.45) is 0. The average Bonchev–Trinajstić information content (AvgIpc) is 2.05. The molecular weight excluding hydrogens is 272 g/mol. The number of nitriles is 1. The quantitative estimate of drug-likeness (QED) is 0.739. The predicted molar refractivity (Wildman–Crippen MR) is 49.5 cm³/mol. The van der Waals surface area contributed by atoms with Crippen molar-refractivity contribution in [1.82, 2.24) is 4.98 Å². The van der Waals surface area contributed by atoms with Crippen molar-refractivity contribution in [3.8, 4) is 6.07 Å². The maximum atomic E-state index is 8.50. The number of halogens is 2. The van der Waals surface area contributed by atoms with Crippen molar-refractivity contribution in [2.45, 2.75) is 3.74 Å². The largest absolute Gasteiger partial charge is 0.240 e. The Hall–Kier alpha value is -0.400. The molecule has 0 spiro atoms. The van der Waals surface area contributed by atoms with Gasteiger partial charge in [0.25, 0.3) is 0 Å². The Morgan fingerprint density at radius 3 is 2.73 bits per heavy atom. The molecule has 0 saturated heterocycles. The number of alkyl halides is 2. The summed E-state index contributed by atoms with van der Waals surface area (Å²) < 4.78 is 0.0169. The summed E-state index contributed by atoms with van der Waals surface area (Å²) in [4.78, 5) is 4.04. The zero-order valence-electron chi connectivity index (χ0n) is 5.46. The Morgan fingerprint density at radius 1 is 1.45 bits per heavy atom. The first-order valence-electron chi connectivity index (χ1n) is 2.89. The number of nitrogens with zero attached hydrogens (tertiary/aromatic N) is 2. The van der Waals surface area contributed by atoms with Crippen molar-refractivity contribution < 1.29 is 0 Å². The number of hydrogen-bond acceptors (Lipinski definition) is 2.